The van der Waals surface area contributed by atoms with Crippen LogP contribution in [0.15, 0.2) is 11.6 Å². The molecule has 0 aromatic carbocycles. The van der Waals surface area contributed by atoms with Crippen molar-refractivity contribution in [1.29, 1.82) is 0 Å². The number of nitrogens with zero attached hydrogens (tertiary/aromatic N) is 1. The summed E-state index contributed by atoms with van der Waals surface area (Å²) in [6, 6.07) is 0.562. The zero-order valence-corrected chi connectivity index (χ0v) is 11.0. The molecule has 1 aromatic heterocycles. The van der Waals surface area contributed by atoms with E-state index in [1.807, 2.05) is 6.20 Å². The fraction of sp³-hybridized carbons (Fsp3) is 0.750. The molecule has 1 unspecified atom stereocenters. The topological polar surface area (TPSA) is 24.9 Å². The summed E-state index contributed by atoms with van der Waals surface area (Å²) >= 11 is 1.76. The molecular weight excluding hydrogens is 204 g/mol. The maximum atomic E-state index is 4.37. The van der Waals surface area contributed by atoms with E-state index in [1.165, 1.54) is 11.4 Å². The number of hydrogen-bond acceptors (Lipinski definition) is 3. The van der Waals surface area contributed by atoms with Crippen LogP contribution < -0.4 is 5.32 Å². The molecule has 0 aliphatic carbocycles. The van der Waals surface area contributed by atoms with Gasteiger partial charge in [-0.3, -0.25) is 0 Å². The minimum Gasteiger partial charge on any atom is -0.314 e. The lowest BCUT2D eigenvalue weighted by Crippen LogP contribution is -2.36. The third kappa shape index (κ3) is 4.31. The third-order valence-electron chi connectivity index (χ3n) is 2.85. The average molecular weight is 226 g/mol. The number of aromatic nitrogens is 1. The molecule has 1 aromatic rings. The number of thiazole rings is 1. The van der Waals surface area contributed by atoms with Gasteiger partial charge in [0.2, 0.25) is 0 Å². The normalized spacial score (nSPS) is 15.5. The van der Waals surface area contributed by atoms with Crippen LogP contribution in [0.2, 0.25) is 0 Å². The molecule has 0 aliphatic heterocycles. The van der Waals surface area contributed by atoms with E-state index in [0.717, 1.165) is 13.0 Å². The molecule has 0 fully saturated rings. The van der Waals surface area contributed by atoms with E-state index in [2.05, 4.69) is 43.4 Å². The van der Waals surface area contributed by atoms with Crippen molar-refractivity contribution >= 4 is 11.3 Å². The molecule has 2 nitrogen and oxygen atoms in total. The van der Waals surface area contributed by atoms with Gasteiger partial charge in [-0.2, -0.15) is 0 Å². The largest absolute Gasteiger partial charge is 0.314 e. The SMILES string of the molecule is CCC(C)(CNC(C)C)Cc1nccs1. The Labute approximate surface area is 97.1 Å². The van der Waals surface area contributed by atoms with Gasteiger partial charge in [0.1, 0.15) is 0 Å². The fourth-order valence-electron chi connectivity index (χ4n) is 1.47. The molecule has 0 radical (unpaired) electrons. The van der Waals surface area contributed by atoms with Crippen molar-refractivity contribution in [2.45, 2.75) is 46.6 Å². The molecule has 1 N–H and O–H groups in total. The Morgan fingerprint density at radius 2 is 2.27 bits per heavy atom. The van der Waals surface area contributed by atoms with Gasteiger partial charge in [-0.1, -0.05) is 27.7 Å². The third-order valence-corrected chi connectivity index (χ3v) is 3.63. The van der Waals surface area contributed by atoms with Crippen LogP contribution in [0.5, 0.6) is 0 Å². The zero-order chi connectivity index (χ0) is 11.3. The highest BCUT2D eigenvalue weighted by molar-refractivity contribution is 7.09. The van der Waals surface area contributed by atoms with E-state index in [1.54, 1.807) is 11.3 Å². The highest BCUT2D eigenvalue weighted by Crippen LogP contribution is 2.26. The quantitative estimate of drug-likeness (QED) is 0.806. The molecule has 15 heavy (non-hydrogen) atoms. The van der Waals surface area contributed by atoms with E-state index >= 15 is 0 Å². The van der Waals surface area contributed by atoms with Crippen molar-refractivity contribution in [2.24, 2.45) is 5.41 Å². The Hall–Kier alpha value is -0.410. The summed E-state index contributed by atoms with van der Waals surface area (Å²) in [5.41, 5.74) is 0.335. The highest BCUT2D eigenvalue weighted by atomic mass is 32.1. The lowest BCUT2D eigenvalue weighted by Gasteiger charge is -2.28. The maximum Gasteiger partial charge on any atom is 0.0930 e. The van der Waals surface area contributed by atoms with Gasteiger partial charge in [0, 0.05) is 30.6 Å². The predicted octanol–water partition coefficient (Wildman–Crippen LogP) is 3.10. The van der Waals surface area contributed by atoms with Gasteiger partial charge in [0.25, 0.3) is 0 Å². The van der Waals surface area contributed by atoms with Gasteiger partial charge in [-0.15, -0.1) is 11.3 Å². The molecule has 0 saturated carbocycles. The predicted molar refractivity (Wildman–Crippen MR) is 67.4 cm³/mol. The first-order valence-corrected chi connectivity index (χ1v) is 6.55. The summed E-state index contributed by atoms with van der Waals surface area (Å²) in [4.78, 5) is 4.37. The van der Waals surface area contributed by atoms with E-state index < -0.39 is 0 Å². The second-order valence-corrected chi connectivity index (χ2v) is 5.78. The lowest BCUT2D eigenvalue weighted by molar-refractivity contribution is 0.281. The van der Waals surface area contributed by atoms with Gasteiger partial charge in [-0.25, -0.2) is 4.98 Å². The molecule has 1 rings (SSSR count). The lowest BCUT2D eigenvalue weighted by atomic mass is 9.84. The van der Waals surface area contributed by atoms with Crippen molar-refractivity contribution in [3.8, 4) is 0 Å². The Morgan fingerprint density at radius 1 is 1.53 bits per heavy atom. The fourth-order valence-corrected chi connectivity index (χ4v) is 2.30. The molecular formula is C12H22N2S. The first-order valence-electron chi connectivity index (χ1n) is 5.67. The van der Waals surface area contributed by atoms with Gasteiger partial charge in [0.05, 0.1) is 5.01 Å². The first kappa shape index (κ1) is 12.7. The molecule has 0 spiro atoms. The standard InChI is InChI=1S/C12H22N2S/c1-5-12(4,9-14-10(2)3)8-11-13-6-7-15-11/h6-7,10,14H,5,8-9H2,1-4H3. The summed E-state index contributed by atoms with van der Waals surface area (Å²) in [7, 11) is 0. The molecule has 1 atom stereocenters. The second kappa shape index (κ2) is 5.61. The monoisotopic (exact) mass is 226 g/mol. The summed E-state index contributed by atoms with van der Waals surface area (Å²) in [5.74, 6) is 0. The van der Waals surface area contributed by atoms with E-state index in [9.17, 15) is 0 Å². The van der Waals surface area contributed by atoms with Crippen molar-refractivity contribution < 1.29 is 0 Å². The Balaban J connectivity index is 2.52. The summed E-state index contributed by atoms with van der Waals surface area (Å²) in [6.45, 7) is 10.1. The Kier molecular flexibility index (Phi) is 4.74. The van der Waals surface area contributed by atoms with Crippen LogP contribution in [0, 0.1) is 5.41 Å². The Morgan fingerprint density at radius 3 is 2.73 bits per heavy atom. The smallest absolute Gasteiger partial charge is 0.0930 e. The maximum absolute atomic E-state index is 4.37. The summed E-state index contributed by atoms with van der Waals surface area (Å²) < 4.78 is 0. The first-order chi connectivity index (χ1) is 7.06. The highest BCUT2D eigenvalue weighted by Gasteiger charge is 2.23. The van der Waals surface area contributed by atoms with Crippen LogP contribution >= 0.6 is 11.3 Å². The number of hydrogen-bond donors (Lipinski definition) is 1. The van der Waals surface area contributed by atoms with Crippen LogP contribution in [0.3, 0.4) is 0 Å². The number of rotatable bonds is 6. The zero-order valence-electron chi connectivity index (χ0n) is 10.2. The van der Waals surface area contributed by atoms with Crippen LogP contribution in [-0.2, 0) is 6.42 Å². The van der Waals surface area contributed by atoms with E-state index in [4.69, 9.17) is 0 Å². The molecule has 3 heteroatoms. The minimum absolute atomic E-state index is 0.335. The second-order valence-electron chi connectivity index (χ2n) is 4.80. The van der Waals surface area contributed by atoms with Gasteiger partial charge < -0.3 is 5.32 Å². The van der Waals surface area contributed by atoms with Crippen molar-refractivity contribution in [3.63, 3.8) is 0 Å². The molecule has 0 amide bonds. The van der Waals surface area contributed by atoms with Crippen LogP contribution in [-0.4, -0.2) is 17.6 Å². The van der Waals surface area contributed by atoms with Gasteiger partial charge in [-0.05, 0) is 11.8 Å². The Bertz CT molecular complexity index is 269. The van der Waals surface area contributed by atoms with Crippen molar-refractivity contribution in [1.82, 2.24) is 10.3 Å². The minimum atomic E-state index is 0.335. The molecule has 1 heterocycles. The van der Waals surface area contributed by atoms with Crippen molar-refractivity contribution in [3.05, 3.63) is 16.6 Å². The molecule has 0 bridgehead atoms. The van der Waals surface area contributed by atoms with Gasteiger partial charge in [0.15, 0.2) is 0 Å². The molecule has 86 valence electrons. The molecule has 0 aliphatic rings. The van der Waals surface area contributed by atoms with Crippen LogP contribution in [0.25, 0.3) is 0 Å². The van der Waals surface area contributed by atoms with Gasteiger partial charge >= 0.3 is 0 Å². The van der Waals surface area contributed by atoms with E-state index in [-0.39, 0.29) is 0 Å². The number of nitrogens with one attached hydrogen (secondary N) is 1. The van der Waals surface area contributed by atoms with Crippen LogP contribution in [0.1, 0.15) is 39.1 Å². The van der Waals surface area contributed by atoms with Crippen LogP contribution in [0.4, 0.5) is 0 Å². The molecule has 0 saturated heterocycles. The van der Waals surface area contributed by atoms with E-state index in [0.29, 0.717) is 11.5 Å². The summed E-state index contributed by atoms with van der Waals surface area (Å²) in [5, 5.41) is 6.84. The average Bonchev–Trinajstić information content (AvgIpc) is 2.67. The van der Waals surface area contributed by atoms with Crippen molar-refractivity contribution in [2.75, 3.05) is 6.54 Å². The summed E-state index contributed by atoms with van der Waals surface area (Å²) in [6.07, 6.45) is 4.17.